The van der Waals surface area contributed by atoms with Crippen LogP contribution in [0.25, 0.3) is 0 Å². The van der Waals surface area contributed by atoms with Crippen molar-refractivity contribution in [3.63, 3.8) is 0 Å². The molecule has 0 aliphatic heterocycles. The molecular formula is C14H22. The van der Waals surface area contributed by atoms with Crippen LogP contribution >= 0.6 is 0 Å². The van der Waals surface area contributed by atoms with Crippen LogP contribution in [-0.4, -0.2) is 0 Å². The van der Waals surface area contributed by atoms with E-state index in [4.69, 9.17) is 0 Å². The Morgan fingerprint density at radius 1 is 0.857 bits per heavy atom. The van der Waals surface area contributed by atoms with Gasteiger partial charge >= 0.3 is 0 Å². The molecule has 3 rings (SSSR count). The minimum atomic E-state index is 1.02. The number of allylic oxidation sites excluding steroid dienone is 2. The molecule has 0 nitrogen and oxygen atoms in total. The van der Waals surface area contributed by atoms with E-state index in [1.165, 1.54) is 51.4 Å². The Morgan fingerprint density at radius 2 is 1.57 bits per heavy atom. The van der Waals surface area contributed by atoms with Gasteiger partial charge in [0.15, 0.2) is 0 Å². The van der Waals surface area contributed by atoms with Gasteiger partial charge in [-0.15, -0.1) is 0 Å². The average Bonchev–Trinajstić information content (AvgIpc) is 2.55. The molecule has 0 aromatic carbocycles. The molecule has 3 atom stereocenters. The quantitative estimate of drug-likeness (QED) is 0.499. The Bertz CT molecular complexity index is 261. The molecule has 0 aromatic heterocycles. The van der Waals surface area contributed by atoms with Gasteiger partial charge in [0.2, 0.25) is 0 Å². The Morgan fingerprint density at radius 3 is 2.50 bits per heavy atom. The molecule has 3 unspecified atom stereocenters. The first-order valence-electron chi connectivity index (χ1n) is 6.57. The van der Waals surface area contributed by atoms with E-state index in [2.05, 4.69) is 6.92 Å². The highest BCUT2D eigenvalue weighted by Crippen LogP contribution is 2.53. The van der Waals surface area contributed by atoms with E-state index in [1.54, 1.807) is 0 Å². The standard InChI is InChI=1S/C14H22/c1-10-11-6-2-4-8-13(11)14-9-5-3-7-12(10)14/h11,13-14H,2-9H2,1H3. The third kappa shape index (κ3) is 1.19. The van der Waals surface area contributed by atoms with E-state index in [0.29, 0.717) is 0 Å². The molecule has 0 N–H and O–H groups in total. The minimum absolute atomic E-state index is 1.02. The molecule has 0 radical (unpaired) electrons. The summed E-state index contributed by atoms with van der Waals surface area (Å²) in [4.78, 5) is 0. The lowest BCUT2D eigenvalue weighted by Gasteiger charge is -2.32. The zero-order valence-electron chi connectivity index (χ0n) is 9.39. The SMILES string of the molecule is CC1=C2CCCCC2C2CCCCC12. The molecule has 0 heteroatoms. The average molecular weight is 190 g/mol. The van der Waals surface area contributed by atoms with Gasteiger partial charge in [-0.25, -0.2) is 0 Å². The fraction of sp³-hybridized carbons (Fsp3) is 0.857. The molecule has 3 aliphatic rings. The van der Waals surface area contributed by atoms with Crippen molar-refractivity contribution < 1.29 is 0 Å². The third-order valence-corrected chi connectivity index (χ3v) is 5.06. The lowest BCUT2D eigenvalue weighted by molar-refractivity contribution is 0.217. The van der Waals surface area contributed by atoms with Crippen molar-refractivity contribution in [3.05, 3.63) is 11.1 Å². The largest absolute Gasteiger partial charge is 0.0704 e. The highest BCUT2D eigenvalue weighted by molar-refractivity contribution is 5.28. The first-order valence-corrected chi connectivity index (χ1v) is 6.57. The van der Waals surface area contributed by atoms with Crippen LogP contribution in [0.5, 0.6) is 0 Å². The second-order valence-corrected chi connectivity index (χ2v) is 5.62. The molecule has 2 fully saturated rings. The Labute approximate surface area is 87.8 Å². The van der Waals surface area contributed by atoms with Crippen LogP contribution in [0.15, 0.2) is 11.1 Å². The maximum Gasteiger partial charge on any atom is -0.0166 e. The van der Waals surface area contributed by atoms with Crippen LogP contribution in [-0.2, 0) is 0 Å². The molecule has 0 amide bonds. The molecule has 0 aromatic rings. The molecule has 78 valence electrons. The summed E-state index contributed by atoms with van der Waals surface area (Å²) in [5, 5.41) is 0. The summed E-state index contributed by atoms with van der Waals surface area (Å²) in [5.41, 5.74) is 3.74. The number of hydrogen-bond acceptors (Lipinski definition) is 0. The second-order valence-electron chi connectivity index (χ2n) is 5.62. The van der Waals surface area contributed by atoms with Gasteiger partial charge in [0, 0.05) is 0 Å². The smallest absolute Gasteiger partial charge is 0.0166 e. The van der Waals surface area contributed by atoms with Gasteiger partial charge in [-0.2, -0.15) is 0 Å². The molecule has 14 heavy (non-hydrogen) atoms. The van der Waals surface area contributed by atoms with Crippen LogP contribution in [0, 0.1) is 17.8 Å². The zero-order chi connectivity index (χ0) is 9.54. The Kier molecular flexibility index (Phi) is 2.18. The molecule has 0 heterocycles. The number of fused-ring (bicyclic) bond motifs is 3. The van der Waals surface area contributed by atoms with Crippen LogP contribution in [0.1, 0.15) is 58.3 Å². The van der Waals surface area contributed by atoms with Crippen molar-refractivity contribution >= 4 is 0 Å². The highest BCUT2D eigenvalue weighted by atomic mass is 14.5. The second kappa shape index (κ2) is 3.40. The van der Waals surface area contributed by atoms with Crippen molar-refractivity contribution in [2.24, 2.45) is 17.8 Å². The fourth-order valence-corrected chi connectivity index (χ4v) is 4.42. The Balaban J connectivity index is 1.91. The Hall–Kier alpha value is -0.260. The molecular weight excluding hydrogens is 168 g/mol. The van der Waals surface area contributed by atoms with Gasteiger partial charge in [0.25, 0.3) is 0 Å². The first-order chi connectivity index (χ1) is 6.88. The molecule has 3 aliphatic carbocycles. The van der Waals surface area contributed by atoms with Gasteiger partial charge < -0.3 is 0 Å². The van der Waals surface area contributed by atoms with Gasteiger partial charge in [-0.1, -0.05) is 30.4 Å². The lowest BCUT2D eigenvalue weighted by atomic mass is 9.72. The van der Waals surface area contributed by atoms with Crippen LogP contribution in [0.2, 0.25) is 0 Å². The summed E-state index contributed by atoms with van der Waals surface area (Å²) < 4.78 is 0. The first kappa shape index (κ1) is 9.00. The van der Waals surface area contributed by atoms with Crippen LogP contribution < -0.4 is 0 Å². The molecule has 0 saturated heterocycles. The van der Waals surface area contributed by atoms with Gasteiger partial charge in [0.1, 0.15) is 0 Å². The maximum atomic E-state index is 2.45. The predicted molar refractivity (Wildman–Crippen MR) is 60.1 cm³/mol. The minimum Gasteiger partial charge on any atom is -0.0704 e. The van der Waals surface area contributed by atoms with Crippen molar-refractivity contribution in [1.82, 2.24) is 0 Å². The fourth-order valence-electron chi connectivity index (χ4n) is 4.42. The summed E-state index contributed by atoms with van der Waals surface area (Å²) >= 11 is 0. The highest BCUT2D eigenvalue weighted by Gasteiger charge is 2.41. The predicted octanol–water partition coefficient (Wildman–Crippen LogP) is 4.31. The summed E-state index contributed by atoms with van der Waals surface area (Å²) in [6, 6.07) is 0. The van der Waals surface area contributed by atoms with Crippen LogP contribution in [0.4, 0.5) is 0 Å². The number of hydrogen-bond donors (Lipinski definition) is 0. The van der Waals surface area contributed by atoms with E-state index >= 15 is 0 Å². The summed E-state index contributed by atoms with van der Waals surface area (Å²) in [6.07, 6.45) is 12.0. The number of rotatable bonds is 0. The van der Waals surface area contributed by atoms with Gasteiger partial charge in [-0.3, -0.25) is 0 Å². The lowest BCUT2D eigenvalue weighted by Crippen LogP contribution is -2.22. The van der Waals surface area contributed by atoms with Crippen molar-refractivity contribution in [3.8, 4) is 0 Å². The summed E-state index contributed by atoms with van der Waals surface area (Å²) in [5.74, 6) is 3.13. The van der Waals surface area contributed by atoms with Crippen molar-refractivity contribution in [2.45, 2.75) is 58.3 Å². The van der Waals surface area contributed by atoms with Gasteiger partial charge in [-0.05, 0) is 56.8 Å². The van der Waals surface area contributed by atoms with E-state index in [1.807, 2.05) is 11.1 Å². The third-order valence-electron chi connectivity index (χ3n) is 5.06. The molecule has 0 spiro atoms. The van der Waals surface area contributed by atoms with Crippen molar-refractivity contribution in [2.75, 3.05) is 0 Å². The molecule has 0 bridgehead atoms. The van der Waals surface area contributed by atoms with Gasteiger partial charge in [0.05, 0.1) is 0 Å². The van der Waals surface area contributed by atoms with Crippen LogP contribution in [0.3, 0.4) is 0 Å². The zero-order valence-corrected chi connectivity index (χ0v) is 9.39. The summed E-state index contributed by atoms with van der Waals surface area (Å²) in [7, 11) is 0. The van der Waals surface area contributed by atoms with E-state index in [-0.39, 0.29) is 0 Å². The topological polar surface area (TPSA) is 0 Å². The van der Waals surface area contributed by atoms with Crippen molar-refractivity contribution in [1.29, 1.82) is 0 Å². The molecule has 2 saturated carbocycles. The van der Waals surface area contributed by atoms with E-state index < -0.39 is 0 Å². The van der Waals surface area contributed by atoms with E-state index in [0.717, 1.165) is 17.8 Å². The maximum absolute atomic E-state index is 2.45. The van der Waals surface area contributed by atoms with E-state index in [9.17, 15) is 0 Å². The normalized spacial score (nSPS) is 42.2. The monoisotopic (exact) mass is 190 g/mol. The summed E-state index contributed by atoms with van der Waals surface area (Å²) in [6.45, 7) is 2.45.